The van der Waals surface area contributed by atoms with E-state index in [0.29, 0.717) is 38.0 Å². The number of aromatic nitrogens is 4. The van der Waals surface area contributed by atoms with Crippen LogP contribution >= 0.6 is 27.5 Å². The lowest BCUT2D eigenvalue weighted by Gasteiger charge is -2.27. The number of nitrogens with zero attached hydrogens (tertiary/aromatic N) is 4. The molecule has 0 bridgehead atoms. The first kappa shape index (κ1) is 16.7. The van der Waals surface area contributed by atoms with Crippen molar-refractivity contribution in [2.24, 2.45) is 7.05 Å². The molecule has 1 aliphatic rings. The minimum atomic E-state index is -3.29. The van der Waals surface area contributed by atoms with Gasteiger partial charge in [-0.05, 0) is 46.1 Å². The first-order chi connectivity index (χ1) is 11.9. The summed E-state index contributed by atoms with van der Waals surface area (Å²) in [7, 11) is -1.49. The summed E-state index contributed by atoms with van der Waals surface area (Å²) >= 11 is 9.52. The number of nitrogens with one attached hydrogen (secondary N) is 1. The maximum atomic E-state index is 12.3. The molecular formula is C15H13BrClN5O2S. The van der Waals surface area contributed by atoms with Crippen molar-refractivity contribution in [3.05, 3.63) is 39.7 Å². The van der Waals surface area contributed by atoms with E-state index in [1.54, 1.807) is 29.9 Å². The van der Waals surface area contributed by atoms with Crippen molar-refractivity contribution in [3.8, 4) is 0 Å². The van der Waals surface area contributed by atoms with Crippen LogP contribution in [0.3, 0.4) is 0 Å². The van der Waals surface area contributed by atoms with E-state index < -0.39 is 9.84 Å². The standard InChI is InChI=1S/C15H13BrClN5O2S/c1-22-15-12(13(16)21-22)14(18-7-19-15)20-10-4-5-25(23,24)11-3-2-8(17)6-9(10)11/h2-3,6-7,10H,4-5H2,1H3,(H,18,19,20)/t10-/m0/s1. The summed E-state index contributed by atoms with van der Waals surface area (Å²) in [5.41, 5.74) is 1.34. The van der Waals surface area contributed by atoms with Gasteiger partial charge in [-0.25, -0.2) is 23.1 Å². The van der Waals surface area contributed by atoms with Crippen LogP contribution in [0.15, 0.2) is 34.0 Å². The molecule has 1 N–H and O–H groups in total. The summed E-state index contributed by atoms with van der Waals surface area (Å²) in [5.74, 6) is 0.669. The fourth-order valence-corrected chi connectivity index (χ4v) is 5.46. The molecule has 130 valence electrons. The molecule has 0 spiro atoms. The summed E-state index contributed by atoms with van der Waals surface area (Å²) in [6.07, 6.45) is 1.89. The highest BCUT2D eigenvalue weighted by Gasteiger charge is 2.31. The topological polar surface area (TPSA) is 89.8 Å². The first-order valence-electron chi connectivity index (χ1n) is 7.49. The van der Waals surface area contributed by atoms with E-state index in [1.807, 2.05) is 0 Å². The average molecular weight is 443 g/mol. The molecule has 1 aromatic carbocycles. The number of fused-ring (bicyclic) bond motifs is 2. The average Bonchev–Trinajstić information content (AvgIpc) is 2.85. The van der Waals surface area contributed by atoms with Crippen LogP contribution in [0.2, 0.25) is 5.02 Å². The minimum absolute atomic E-state index is 0.0712. The van der Waals surface area contributed by atoms with E-state index in [4.69, 9.17) is 11.6 Å². The van der Waals surface area contributed by atoms with Gasteiger partial charge in [-0.1, -0.05) is 11.6 Å². The van der Waals surface area contributed by atoms with Crippen LogP contribution in [0.25, 0.3) is 11.0 Å². The number of hydrogen-bond acceptors (Lipinski definition) is 6. The molecule has 4 rings (SSSR count). The number of rotatable bonds is 2. The number of hydrogen-bond donors (Lipinski definition) is 1. The van der Waals surface area contributed by atoms with Crippen LogP contribution in [-0.2, 0) is 16.9 Å². The number of aryl methyl sites for hydroxylation is 1. The smallest absolute Gasteiger partial charge is 0.178 e. The van der Waals surface area contributed by atoms with Gasteiger partial charge in [0.1, 0.15) is 16.7 Å². The van der Waals surface area contributed by atoms with Gasteiger partial charge in [0.25, 0.3) is 0 Å². The number of benzene rings is 1. The number of halogens is 2. The Labute approximate surface area is 157 Å². The van der Waals surface area contributed by atoms with Gasteiger partial charge in [-0.2, -0.15) is 5.10 Å². The highest BCUT2D eigenvalue weighted by Crippen LogP contribution is 2.37. The van der Waals surface area contributed by atoms with Gasteiger partial charge < -0.3 is 5.32 Å². The monoisotopic (exact) mass is 441 g/mol. The zero-order chi connectivity index (χ0) is 17.8. The Kier molecular flexibility index (Phi) is 3.97. The van der Waals surface area contributed by atoms with Gasteiger partial charge in [0.2, 0.25) is 0 Å². The Balaban J connectivity index is 1.82. The number of sulfone groups is 1. The second kappa shape index (κ2) is 5.93. The third kappa shape index (κ3) is 2.80. The Bertz CT molecular complexity index is 1100. The third-order valence-electron chi connectivity index (χ3n) is 4.25. The molecule has 0 amide bonds. The van der Waals surface area contributed by atoms with Crippen molar-refractivity contribution in [2.75, 3.05) is 11.1 Å². The second-order valence-electron chi connectivity index (χ2n) is 5.82. The van der Waals surface area contributed by atoms with Gasteiger partial charge in [-0.15, -0.1) is 0 Å². The van der Waals surface area contributed by atoms with Crippen LogP contribution in [0.1, 0.15) is 18.0 Å². The molecule has 25 heavy (non-hydrogen) atoms. The molecule has 10 heteroatoms. The van der Waals surface area contributed by atoms with Crippen molar-refractivity contribution in [1.82, 2.24) is 19.7 Å². The fourth-order valence-electron chi connectivity index (χ4n) is 3.08. The quantitative estimate of drug-likeness (QED) is 0.656. The molecule has 0 saturated carbocycles. The van der Waals surface area contributed by atoms with E-state index in [-0.39, 0.29) is 11.8 Å². The van der Waals surface area contributed by atoms with Gasteiger partial charge in [0.05, 0.1) is 22.1 Å². The summed E-state index contributed by atoms with van der Waals surface area (Å²) in [4.78, 5) is 8.87. The fraction of sp³-hybridized carbons (Fsp3) is 0.267. The van der Waals surface area contributed by atoms with Crippen LogP contribution in [0.4, 0.5) is 5.82 Å². The minimum Gasteiger partial charge on any atom is -0.362 e. The Morgan fingerprint density at radius 2 is 2.16 bits per heavy atom. The molecule has 0 fully saturated rings. The SMILES string of the molecule is Cn1nc(Br)c2c(N[C@H]3CCS(=O)(=O)c4ccc(Cl)cc43)ncnc21. The van der Waals surface area contributed by atoms with Crippen molar-refractivity contribution >= 4 is 54.2 Å². The van der Waals surface area contributed by atoms with E-state index in [0.717, 1.165) is 5.39 Å². The molecule has 0 unspecified atom stereocenters. The van der Waals surface area contributed by atoms with Crippen molar-refractivity contribution in [2.45, 2.75) is 17.4 Å². The molecule has 1 atom stereocenters. The van der Waals surface area contributed by atoms with Crippen molar-refractivity contribution < 1.29 is 8.42 Å². The molecule has 0 saturated heterocycles. The van der Waals surface area contributed by atoms with E-state index in [2.05, 4.69) is 36.3 Å². The Morgan fingerprint density at radius 1 is 1.36 bits per heavy atom. The molecule has 0 radical (unpaired) electrons. The van der Waals surface area contributed by atoms with Crippen LogP contribution in [0, 0.1) is 0 Å². The van der Waals surface area contributed by atoms with E-state index >= 15 is 0 Å². The predicted molar refractivity (Wildman–Crippen MR) is 98.5 cm³/mol. The van der Waals surface area contributed by atoms with Crippen molar-refractivity contribution in [1.29, 1.82) is 0 Å². The lowest BCUT2D eigenvalue weighted by Crippen LogP contribution is -2.25. The predicted octanol–water partition coefficient (Wildman–Crippen LogP) is 3.11. The zero-order valence-electron chi connectivity index (χ0n) is 13.1. The molecule has 7 nitrogen and oxygen atoms in total. The van der Waals surface area contributed by atoms with Crippen molar-refractivity contribution in [3.63, 3.8) is 0 Å². The maximum absolute atomic E-state index is 12.3. The Morgan fingerprint density at radius 3 is 2.96 bits per heavy atom. The highest BCUT2D eigenvalue weighted by molar-refractivity contribution is 9.10. The van der Waals surface area contributed by atoms with Gasteiger partial charge >= 0.3 is 0 Å². The van der Waals surface area contributed by atoms with Crippen LogP contribution in [-0.4, -0.2) is 33.9 Å². The van der Waals surface area contributed by atoms with E-state index in [9.17, 15) is 8.42 Å². The van der Waals surface area contributed by atoms with Gasteiger partial charge in [0, 0.05) is 12.1 Å². The lowest BCUT2D eigenvalue weighted by atomic mass is 10.0. The second-order valence-corrected chi connectivity index (χ2v) is 9.09. The molecular weight excluding hydrogens is 430 g/mol. The molecule has 3 aromatic rings. The maximum Gasteiger partial charge on any atom is 0.178 e. The van der Waals surface area contributed by atoms with E-state index in [1.165, 1.54) is 6.33 Å². The van der Waals surface area contributed by atoms with Crippen LogP contribution in [0.5, 0.6) is 0 Å². The Hall–Kier alpha value is -1.71. The summed E-state index contributed by atoms with van der Waals surface area (Å²) in [6.45, 7) is 0. The van der Waals surface area contributed by atoms with Gasteiger partial charge in [-0.3, -0.25) is 0 Å². The lowest BCUT2D eigenvalue weighted by molar-refractivity contribution is 0.576. The summed E-state index contributed by atoms with van der Waals surface area (Å²) < 4.78 is 27.0. The zero-order valence-corrected chi connectivity index (χ0v) is 16.2. The summed E-state index contributed by atoms with van der Waals surface area (Å²) in [5, 5.41) is 8.89. The third-order valence-corrected chi connectivity index (χ3v) is 6.85. The largest absolute Gasteiger partial charge is 0.362 e. The highest BCUT2D eigenvalue weighted by atomic mass is 79.9. The molecule has 3 heterocycles. The molecule has 2 aromatic heterocycles. The summed E-state index contributed by atoms with van der Waals surface area (Å²) in [6, 6.07) is 4.64. The normalized spacial score (nSPS) is 18.9. The molecule has 1 aliphatic heterocycles. The number of anilines is 1. The van der Waals surface area contributed by atoms with Crippen LogP contribution < -0.4 is 5.32 Å². The molecule has 0 aliphatic carbocycles. The van der Waals surface area contributed by atoms with Gasteiger partial charge in [0.15, 0.2) is 15.5 Å². The first-order valence-corrected chi connectivity index (χ1v) is 10.3.